The summed E-state index contributed by atoms with van der Waals surface area (Å²) in [5, 5.41) is 1.07. The molecule has 3 aromatic rings. The standard InChI is InChI=1S/C14H11FN2/c1-9-5-12-13(7-16-8-14(12)17-9)10-3-2-4-11(15)6-10/h2-8,17H,1H3. The minimum absolute atomic E-state index is 0.230. The fourth-order valence-corrected chi connectivity index (χ4v) is 2.08. The predicted octanol–water partition coefficient (Wildman–Crippen LogP) is 3.68. The molecule has 3 heteroatoms. The molecule has 0 fully saturated rings. The molecule has 0 saturated heterocycles. The molecule has 0 bridgehead atoms. The first kappa shape index (κ1) is 10.0. The van der Waals surface area contributed by atoms with Gasteiger partial charge >= 0.3 is 0 Å². The maximum Gasteiger partial charge on any atom is 0.123 e. The largest absolute Gasteiger partial charge is 0.357 e. The van der Waals surface area contributed by atoms with Gasteiger partial charge in [-0.25, -0.2) is 4.39 Å². The summed E-state index contributed by atoms with van der Waals surface area (Å²) >= 11 is 0. The van der Waals surface area contributed by atoms with Gasteiger partial charge in [0.1, 0.15) is 5.82 Å². The summed E-state index contributed by atoms with van der Waals surface area (Å²) in [5.74, 6) is -0.230. The Labute approximate surface area is 98.1 Å². The molecule has 0 radical (unpaired) electrons. The van der Waals surface area contributed by atoms with Crippen LogP contribution in [0.2, 0.25) is 0 Å². The SMILES string of the molecule is Cc1cc2c(-c3cccc(F)c3)cncc2[nH]1. The molecule has 2 heterocycles. The van der Waals surface area contributed by atoms with E-state index < -0.39 is 0 Å². The molecular formula is C14H11FN2. The van der Waals surface area contributed by atoms with Crippen molar-refractivity contribution in [1.29, 1.82) is 0 Å². The Hall–Kier alpha value is -2.16. The molecule has 0 amide bonds. The highest BCUT2D eigenvalue weighted by atomic mass is 19.1. The van der Waals surface area contributed by atoms with Crippen LogP contribution in [0.5, 0.6) is 0 Å². The number of aryl methyl sites for hydroxylation is 1. The molecule has 0 saturated carbocycles. The van der Waals surface area contributed by atoms with E-state index in [0.29, 0.717) is 0 Å². The highest BCUT2D eigenvalue weighted by Crippen LogP contribution is 2.28. The molecule has 0 aliphatic heterocycles. The normalized spacial score (nSPS) is 10.9. The highest BCUT2D eigenvalue weighted by molar-refractivity contribution is 5.94. The summed E-state index contributed by atoms with van der Waals surface area (Å²) in [6.45, 7) is 2.00. The summed E-state index contributed by atoms with van der Waals surface area (Å²) < 4.78 is 13.2. The van der Waals surface area contributed by atoms with Crippen LogP contribution in [0.25, 0.3) is 22.0 Å². The van der Waals surface area contributed by atoms with Crippen LogP contribution in [0.1, 0.15) is 5.69 Å². The van der Waals surface area contributed by atoms with Gasteiger partial charge < -0.3 is 4.98 Å². The lowest BCUT2D eigenvalue weighted by atomic mass is 10.0. The van der Waals surface area contributed by atoms with Gasteiger partial charge in [0, 0.05) is 22.8 Å². The van der Waals surface area contributed by atoms with E-state index in [1.807, 2.05) is 13.0 Å². The fraction of sp³-hybridized carbons (Fsp3) is 0.0714. The third kappa shape index (κ3) is 1.69. The van der Waals surface area contributed by atoms with Crippen molar-refractivity contribution in [3.8, 4) is 11.1 Å². The number of H-pyrrole nitrogens is 1. The lowest BCUT2D eigenvalue weighted by molar-refractivity contribution is 0.628. The van der Waals surface area contributed by atoms with Crippen molar-refractivity contribution in [2.24, 2.45) is 0 Å². The molecular weight excluding hydrogens is 215 g/mol. The summed E-state index contributed by atoms with van der Waals surface area (Å²) in [6.07, 6.45) is 3.55. The molecule has 17 heavy (non-hydrogen) atoms. The van der Waals surface area contributed by atoms with Gasteiger partial charge in [-0.15, -0.1) is 0 Å². The summed E-state index contributed by atoms with van der Waals surface area (Å²) in [7, 11) is 0. The second-order valence-electron chi connectivity index (χ2n) is 4.11. The topological polar surface area (TPSA) is 28.7 Å². The van der Waals surface area contributed by atoms with E-state index in [2.05, 4.69) is 16.0 Å². The van der Waals surface area contributed by atoms with Crippen LogP contribution in [-0.2, 0) is 0 Å². The van der Waals surface area contributed by atoms with Crippen molar-refractivity contribution < 1.29 is 4.39 Å². The van der Waals surface area contributed by atoms with E-state index in [1.165, 1.54) is 12.1 Å². The van der Waals surface area contributed by atoms with Gasteiger partial charge in [0.2, 0.25) is 0 Å². The van der Waals surface area contributed by atoms with Crippen LogP contribution in [-0.4, -0.2) is 9.97 Å². The zero-order valence-corrected chi connectivity index (χ0v) is 9.37. The molecule has 0 spiro atoms. The number of aromatic nitrogens is 2. The number of hydrogen-bond donors (Lipinski definition) is 1. The number of fused-ring (bicyclic) bond motifs is 1. The molecule has 2 aromatic heterocycles. The van der Waals surface area contributed by atoms with Gasteiger partial charge in [-0.1, -0.05) is 12.1 Å². The smallest absolute Gasteiger partial charge is 0.123 e. The highest BCUT2D eigenvalue weighted by Gasteiger charge is 2.07. The average molecular weight is 226 g/mol. The average Bonchev–Trinajstić information content (AvgIpc) is 2.68. The first-order chi connectivity index (χ1) is 8.24. The number of aromatic amines is 1. The quantitative estimate of drug-likeness (QED) is 0.673. The van der Waals surface area contributed by atoms with Crippen molar-refractivity contribution in [3.05, 3.63) is 54.2 Å². The monoisotopic (exact) mass is 226 g/mol. The third-order valence-electron chi connectivity index (χ3n) is 2.82. The van der Waals surface area contributed by atoms with Crippen LogP contribution in [0.15, 0.2) is 42.7 Å². The van der Waals surface area contributed by atoms with Crippen molar-refractivity contribution in [3.63, 3.8) is 0 Å². The van der Waals surface area contributed by atoms with Gasteiger partial charge in [0.25, 0.3) is 0 Å². The molecule has 0 atom stereocenters. The van der Waals surface area contributed by atoms with Gasteiger partial charge in [-0.3, -0.25) is 4.98 Å². The van der Waals surface area contributed by atoms with Crippen molar-refractivity contribution in [1.82, 2.24) is 9.97 Å². The number of rotatable bonds is 1. The summed E-state index contributed by atoms with van der Waals surface area (Å²) in [6, 6.07) is 8.63. The Kier molecular flexibility index (Phi) is 2.18. The number of benzene rings is 1. The van der Waals surface area contributed by atoms with Crippen LogP contribution in [0.4, 0.5) is 4.39 Å². The number of halogens is 1. The molecule has 2 nitrogen and oxygen atoms in total. The van der Waals surface area contributed by atoms with Crippen LogP contribution >= 0.6 is 0 Å². The third-order valence-corrected chi connectivity index (χ3v) is 2.82. The number of pyridine rings is 1. The van der Waals surface area contributed by atoms with E-state index in [0.717, 1.165) is 27.7 Å². The Morgan fingerprint density at radius 1 is 1.18 bits per heavy atom. The number of nitrogens with one attached hydrogen (secondary N) is 1. The second-order valence-corrected chi connectivity index (χ2v) is 4.11. The van der Waals surface area contributed by atoms with Gasteiger partial charge in [0.15, 0.2) is 0 Å². The van der Waals surface area contributed by atoms with Gasteiger partial charge in [0.05, 0.1) is 11.7 Å². The zero-order chi connectivity index (χ0) is 11.8. The maximum atomic E-state index is 13.2. The van der Waals surface area contributed by atoms with Crippen molar-refractivity contribution in [2.45, 2.75) is 6.92 Å². The van der Waals surface area contributed by atoms with Gasteiger partial charge in [-0.05, 0) is 30.7 Å². The van der Waals surface area contributed by atoms with E-state index in [4.69, 9.17) is 0 Å². The summed E-state index contributed by atoms with van der Waals surface area (Å²) in [5.41, 5.74) is 3.85. The van der Waals surface area contributed by atoms with Crippen molar-refractivity contribution in [2.75, 3.05) is 0 Å². The summed E-state index contributed by atoms with van der Waals surface area (Å²) in [4.78, 5) is 7.41. The Balaban J connectivity index is 2.30. The predicted molar refractivity (Wildman–Crippen MR) is 66.2 cm³/mol. The minimum atomic E-state index is -0.230. The molecule has 0 aliphatic carbocycles. The first-order valence-corrected chi connectivity index (χ1v) is 5.43. The lowest BCUT2D eigenvalue weighted by Crippen LogP contribution is -1.83. The fourth-order valence-electron chi connectivity index (χ4n) is 2.08. The van der Waals surface area contributed by atoms with E-state index in [1.54, 1.807) is 18.5 Å². The molecule has 1 N–H and O–H groups in total. The van der Waals surface area contributed by atoms with Crippen molar-refractivity contribution >= 4 is 10.9 Å². The molecule has 0 aliphatic rings. The van der Waals surface area contributed by atoms with E-state index in [9.17, 15) is 4.39 Å². The van der Waals surface area contributed by atoms with E-state index >= 15 is 0 Å². The zero-order valence-electron chi connectivity index (χ0n) is 9.37. The number of hydrogen-bond acceptors (Lipinski definition) is 1. The Bertz CT molecular complexity index is 686. The molecule has 3 rings (SSSR count). The minimum Gasteiger partial charge on any atom is -0.357 e. The maximum absolute atomic E-state index is 13.2. The Morgan fingerprint density at radius 2 is 2.06 bits per heavy atom. The first-order valence-electron chi connectivity index (χ1n) is 5.43. The lowest BCUT2D eigenvalue weighted by Gasteiger charge is -2.02. The molecule has 84 valence electrons. The van der Waals surface area contributed by atoms with Crippen LogP contribution in [0, 0.1) is 12.7 Å². The van der Waals surface area contributed by atoms with Gasteiger partial charge in [-0.2, -0.15) is 0 Å². The molecule has 1 aromatic carbocycles. The van der Waals surface area contributed by atoms with Crippen LogP contribution < -0.4 is 0 Å². The Morgan fingerprint density at radius 3 is 2.88 bits per heavy atom. The second kappa shape index (κ2) is 3.70. The van der Waals surface area contributed by atoms with E-state index in [-0.39, 0.29) is 5.82 Å². The molecule has 0 unspecified atom stereocenters. The number of nitrogens with zero attached hydrogens (tertiary/aromatic N) is 1. The van der Waals surface area contributed by atoms with Crippen LogP contribution in [0.3, 0.4) is 0 Å².